The van der Waals surface area contributed by atoms with Crippen LogP contribution in [0.15, 0.2) is 4.99 Å². The number of piperidine rings is 1. The third kappa shape index (κ3) is 7.05. The summed E-state index contributed by atoms with van der Waals surface area (Å²) >= 11 is 0. The lowest BCUT2D eigenvalue weighted by Gasteiger charge is -2.34. The molecule has 24 heavy (non-hydrogen) atoms. The number of likely N-dealkylation sites (tertiary alicyclic amines) is 1. The molecule has 0 aliphatic carbocycles. The number of hydrogen-bond acceptors (Lipinski definition) is 4. The topological polar surface area (TPSA) is 89.2 Å². The van der Waals surface area contributed by atoms with Crippen LogP contribution in [0.4, 0.5) is 0 Å². The van der Waals surface area contributed by atoms with E-state index in [4.69, 9.17) is 15.2 Å². The minimum absolute atomic E-state index is 0.308. The number of primary amides is 1. The summed E-state index contributed by atoms with van der Waals surface area (Å²) in [5.41, 5.74) is 4.79. The van der Waals surface area contributed by atoms with Crippen molar-refractivity contribution in [1.82, 2.24) is 10.2 Å². The molecule has 1 heterocycles. The van der Waals surface area contributed by atoms with Gasteiger partial charge in [0.1, 0.15) is 0 Å². The van der Waals surface area contributed by atoms with Gasteiger partial charge in [-0.1, -0.05) is 0 Å². The van der Waals surface area contributed by atoms with Gasteiger partial charge in [0.2, 0.25) is 5.91 Å². The molecule has 0 atom stereocenters. The SMILES string of the molecule is CCNC(=NCC(C)(C)C(N)=O)N1CCC(OCCCOC)CC1. The molecule has 0 aromatic carbocycles. The van der Waals surface area contributed by atoms with Crippen molar-refractivity contribution in [2.75, 3.05) is 46.5 Å². The largest absolute Gasteiger partial charge is 0.385 e. The Morgan fingerprint density at radius 2 is 2.00 bits per heavy atom. The van der Waals surface area contributed by atoms with E-state index in [9.17, 15) is 4.79 Å². The zero-order valence-corrected chi connectivity index (χ0v) is 15.6. The van der Waals surface area contributed by atoms with Crippen molar-refractivity contribution >= 4 is 11.9 Å². The number of hydrogen-bond donors (Lipinski definition) is 2. The predicted molar refractivity (Wildman–Crippen MR) is 96.0 cm³/mol. The van der Waals surface area contributed by atoms with Gasteiger partial charge in [-0.25, -0.2) is 0 Å². The average molecular weight is 342 g/mol. The molecule has 0 aromatic rings. The van der Waals surface area contributed by atoms with Gasteiger partial charge >= 0.3 is 0 Å². The molecule has 0 unspecified atom stereocenters. The highest BCUT2D eigenvalue weighted by Gasteiger charge is 2.26. The highest BCUT2D eigenvalue weighted by atomic mass is 16.5. The van der Waals surface area contributed by atoms with Crippen LogP contribution in [-0.4, -0.2) is 69.4 Å². The summed E-state index contributed by atoms with van der Waals surface area (Å²) in [5.74, 6) is 0.523. The monoisotopic (exact) mass is 342 g/mol. The van der Waals surface area contributed by atoms with Crippen LogP contribution < -0.4 is 11.1 Å². The van der Waals surface area contributed by atoms with Crippen LogP contribution in [0.2, 0.25) is 0 Å². The maximum atomic E-state index is 11.5. The zero-order chi connectivity index (χ0) is 18.0. The lowest BCUT2D eigenvalue weighted by molar-refractivity contribution is -0.125. The fraction of sp³-hybridized carbons (Fsp3) is 0.882. The van der Waals surface area contributed by atoms with Gasteiger partial charge in [0.15, 0.2) is 5.96 Å². The number of methoxy groups -OCH3 is 1. The Kier molecular flexibility index (Phi) is 9.07. The van der Waals surface area contributed by atoms with Crippen molar-refractivity contribution in [3.8, 4) is 0 Å². The summed E-state index contributed by atoms with van der Waals surface area (Å²) in [6.07, 6.45) is 3.21. The fourth-order valence-electron chi connectivity index (χ4n) is 2.46. The number of carbonyl (C=O) groups excluding carboxylic acids is 1. The van der Waals surface area contributed by atoms with Crippen molar-refractivity contribution in [2.45, 2.75) is 46.1 Å². The third-order valence-corrected chi connectivity index (χ3v) is 4.21. The van der Waals surface area contributed by atoms with Crippen LogP contribution in [0.1, 0.15) is 40.0 Å². The smallest absolute Gasteiger partial charge is 0.224 e. The Labute approximate surface area is 146 Å². The van der Waals surface area contributed by atoms with Gasteiger partial charge in [-0.05, 0) is 40.0 Å². The molecule has 0 bridgehead atoms. The molecule has 1 aliphatic heterocycles. The lowest BCUT2D eigenvalue weighted by Crippen LogP contribution is -2.47. The first-order chi connectivity index (χ1) is 11.4. The molecule has 1 fully saturated rings. The standard InChI is InChI=1S/C17H34N4O3/c1-5-19-16(20-13-17(2,3)15(18)22)21-9-7-14(8-10-21)24-12-6-11-23-4/h14H,5-13H2,1-4H3,(H2,18,22)(H,19,20). The molecular weight excluding hydrogens is 308 g/mol. The first-order valence-electron chi connectivity index (χ1n) is 8.84. The summed E-state index contributed by atoms with van der Waals surface area (Å²) in [6.45, 7) is 10.2. The molecule has 7 heteroatoms. The molecule has 1 saturated heterocycles. The minimum Gasteiger partial charge on any atom is -0.385 e. The van der Waals surface area contributed by atoms with Gasteiger partial charge in [-0.2, -0.15) is 0 Å². The van der Waals surface area contributed by atoms with E-state index in [2.05, 4.69) is 15.2 Å². The van der Waals surface area contributed by atoms with E-state index in [-0.39, 0.29) is 5.91 Å². The highest BCUT2D eigenvalue weighted by molar-refractivity contribution is 5.82. The zero-order valence-electron chi connectivity index (χ0n) is 15.6. The van der Waals surface area contributed by atoms with Crippen LogP contribution >= 0.6 is 0 Å². The maximum absolute atomic E-state index is 11.5. The first kappa shape index (κ1) is 20.7. The normalized spacial score (nSPS) is 17.2. The van der Waals surface area contributed by atoms with E-state index in [1.807, 2.05) is 20.8 Å². The quantitative estimate of drug-likeness (QED) is 0.370. The van der Waals surface area contributed by atoms with Crippen molar-refractivity contribution < 1.29 is 14.3 Å². The Bertz CT molecular complexity index is 405. The number of guanidine groups is 1. The Morgan fingerprint density at radius 1 is 1.33 bits per heavy atom. The fourth-order valence-corrected chi connectivity index (χ4v) is 2.46. The predicted octanol–water partition coefficient (Wildman–Crippen LogP) is 0.981. The van der Waals surface area contributed by atoms with E-state index in [0.29, 0.717) is 12.6 Å². The minimum atomic E-state index is -0.635. The second-order valence-corrected chi connectivity index (χ2v) is 6.82. The molecule has 1 aliphatic rings. The number of rotatable bonds is 9. The van der Waals surface area contributed by atoms with Crippen LogP contribution in [0.25, 0.3) is 0 Å². The van der Waals surface area contributed by atoms with Crippen LogP contribution in [0, 0.1) is 5.41 Å². The lowest BCUT2D eigenvalue weighted by atomic mass is 9.93. The molecular formula is C17H34N4O3. The Morgan fingerprint density at radius 3 is 2.54 bits per heavy atom. The highest BCUT2D eigenvalue weighted by Crippen LogP contribution is 2.17. The first-order valence-corrected chi connectivity index (χ1v) is 8.84. The number of amides is 1. The van der Waals surface area contributed by atoms with Gasteiger partial charge in [-0.3, -0.25) is 9.79 Å². The third-order valence-electron chi connectivity index (χ3n) is 4.21. The van der Waals surface area contributed by atoms with E-state index in [1.54, 1.807) is 7.11 Å². The molecule has 140 valence electrons. The Balaban J connectivity index is 2.49. The number of aliphatic imine (C=N–C) groups is 1. The molecule has 0 spiro atoms. The molecule has 3 N–H and O–H groups in total. The summed E-state index contributed by atoms with van der Waals surface area (Å²) < 4.78 is 10.9. The van der Waals surface area contributed by atoms with Crippen LogP contribution in [-0.2, 0) is 14.3 Å². The molecule has 0 radical (unpaired) electrons. The van der Waals surface area contributed by atoms with Gasteiger partial charge in [-0.15, -0.1) is 0 Å². The van der Waals surface area contributed by atoms with Crippen molar-refractivity contribution in [3.63, 3.8) is 0 Å². The molecule has 0 aromatic heterocycles. The molecule has 7 nitrogen and oxygen atoms in total. The van der Waals surface area contributed by atoms with E-state index < -0.39 is 5.41 Å². The number of nitrogens with zero attached hydrogens (tertiary/aromatic N) is 2. The molecule has 1 rings (SSSR count). The average Bonchev–Trinajstić information content (AvgIpc) is 2.56. The molecule has 1 amide bonds. The maximum Gasteiger partial charge on any atom is 0.224 e. The second kappa shape index (κ2) is 10.5. The van der Waals surface area contributed by atoms with Gasteiger partial charge in [0.25, 0.3) is 0 Å². The van der Waals surface area contributed by atoms with Crippen molar-refractivity contribution in [3.05, 3.63) is 0 Å². The summed E-state index contributed by atoms with van der Waals surface area (Å²) in [4.78, 5) is 18.3. The molecule has 0 saturated carbocycles. The second-order valence-electron chi connectivity index (χ2n) is 6.82. The van der Waals surface area contributed by atoms with E-state index in [1.165, 1.54) is 0 Å². The number of nitrogens with two attached hydrogens (primary N) is 1. The van der Waals surface area contributed by atoms with Crippen molar-refractivity contribution in [2.24, 2.45) is 16.1 Å². The number of nitrogens with one attached hydrogen (secondary N) is 1. The van der Waals surface area contributed by atoms with Crippen LogP contribution in [0.5, 0.6) is 0 Å². The van der Waals surface area contributed by atoms with Crippen molar-refractivity contribution in [1.29, 1.82) is 0 Å². The van der Waals surface area contributed by atoms with Gasteiger partial charge in [0.05, 0.1) is 18.1 Å². The van der Waals surface area contributed by atoms with Gasteiger partial charge in [0, 0.05) is 40.0 Å². The summed E-state index contributed by atoms with van der Waals surface area (Å²) in [5, 5.41) is 3.31. The summed E-state index contributed by atoms with van der Waals surface area (Å²) in [7, 11) is 1.71. The number of carbonyl (C=O) groups is 1. The number of ether oxygens (including phenoxy) is 2. The van der Waals surface area contributed by atoms with E-state index in [0.717, 1.165) is 58.1 Å². The van der Waals surface area contributed by atoms with E-state index >= 15 is 0 Å². The van der Waals surface area contributed by atoms with Crippen LogP contribution in [0.3, 0.4) is 0 Å². The Hall–Kier alpha value is -1.34. The summed E-state index contributed by atoms with van der Waals surface area (Å²) in [6, 6.07) is 0. The van der Waals surface area contributed by atoms with Gasteiger partial charge < -0.3 is 25.4 Å².